The SMILES string of the molecule is COc1ccc(C(=O)N[C@H](C)c2ccc(F)cc2)cc1CN(c1ccc(F)cc1)S(C)(=O)=O. The summed E-state index contributed by atoms with van der Waals surface area (Å²) in [5, 5.41) is 2.84. The van der Waals surface area contributed by atoms with Crippen LogP contribution in [-0.4, -0.2) is 27.7 Å². The highest BCUT2D eigenvalue weighted by Gasteiger charge is 2.21. The van der Waals surface area contributed by atoms with Crippen LogP contribution < -0.4 is 14.4 Å². The monoisotopic (exact) mass is 474 g/mol. The van der Waals surface area contributed by atoms with Crippen molar-refractivity contribution >= 4 is 21.6 Å². The number of rotatable bonds is 8. The average Bonchev–Trinajstić information content (AvgIpc) is 2.77. The number of amides is 1. The average molecular weight is 475 g/mol. The van der Waals surface area contributed by atoms with Crippen molar-refractivity contribution in [3.05, 3.63) is 95.1 Å². The van der Waals surface area contributed by atoms with E-state index in [9.17, 15) is 22.0 Å². The maximum absolute atomic E-state index is 13.3. The van der Waals surface area contributed by atoms with Crippen LogP contribution in [0.15, 0.2) is 66.7 Å². The minimum absolute atomic E-state index is 0.123. The predicted molar refractivity (Wildman–Crippen MR) is 123 cm³/mol. The topological polar surface area (TPSA) is 75.7 Å². The van der Waals surface area contributed by atoms with Crippen LogP contribution in [0.25, 0.3) is 0 Å². The Morgan fingerprint density at radius 3 is 2.12 bits per heavy atom. The number of carbonyl (C=O) groups excluding carboxylic acids is 1. The Morgan fingerprint density at radius 2 is 1.58 bits per heavy atom. The van der Waals surface area contributed by atoms with E-state index in [4.69, 9.17) is 4.74 Å². The summed E-state index contributed by atoms with van der Waals surface area (Å²) >= 11 is 0. The molecule has 0 aliphatic carbocycles. The lowest BCUT2D eigenvalue weighted by molar-refractivity contribution is 0.0939. The van der Waals surface area contributed by atoms with E-state index in [1.807, 2.05) is 0 Å². The van der Waals surface area contributed by atoms with Gasteiger partial charge in [-0.1, -0.05) is 12.1 Å². The molecule has 0 aliphatic heterocycles. The van der Waals surface area contributed by atoms with Crippen LogP contribution in [0.3, 0.4) is 0 Å². The largest absolute Gasteiger partial charge is 0.496 e. The highest BCUT2D eigenvalue weighted by Crippen LogP contribution is 2.27. The fourth-order valence-corrected chi connectivity index (χ4v) is 4.20. The van der Waals surface area contributed by atoms with Crippen molar-refractivity contribution in [1.82, 2.24) is 5.32 Å². The van der Waals surface area contributed by atoms with Crippen LogP contribution >= 0.6 is 0 Å². The lowest BCUT2D eigenvalue weighted by Crippen LogP contribution is -2.30. The molecule has 0 fully saturated rings. The van der Waals surface area contributed by atoms with Gasteiger partial charge in [-0.05, 0) is 67.1 Å². The van der Waals surface area contributed by atoms with E-state index in [0.717, 1.165) is 16.1 Å². The van der Waals surface area contributed by atoms with Gasteiger partial charge >= 0.3 is 0 Å². The number of carbonyl (C=O) groups is 1. The van der Waals surface area contributed by atoms with Gasteiger partial charge in [-0.3, -0.25) is 9.10 Å². The van der Waals surface area contributed by atoms with Gasteiger partial charge < -0.3 is 10.1 Å². The number of hydrogen-bond donors (Lipinski definition) is 1. The minimum atomic E-state index is -3.72. The van der Waals surface area contributed by atoms with E-state index in [0.29, 0.717) is 16.9 Å². The van der Waals surface area contributed by atoms with Crippen LogP contribution in [0, 0.1) is 11.6 Å². The zero-order valence-corrected chi connectivity index (χ0v) is 19.2. The van der Waals surface area contributed by atoms with E-state index in [-0.39, 0.29) is 30.0 Å². The maximum atomic E-state index is 13.3. The van der Waals surface area contributed by atoms with Crippen LogP contribution in [-0.2, 0) is 16.6 Å². The Kier molecular flexibility index (Phi) is 7.33. The highest BCUT2D eigenvalue weighted by atomic mass is 32.2. The third kappa shape index (κ3) is 6.07. The second-order valence-corrected chi connectivity index (χ2v) is 9.43. The van der Waals surface area contributed by atoms with Gasteiger partial charge in [0.1, 0.15) is 17.4 Å². The lowest BCUT2D eigenvalue weighted by atomic mass is 10.1. The van der Waals surface area contributed by atoms with Gasteiger partial charge in [0.15, 0.2) is 0 Å². The Hall–Kier alpha value is -3.46. The second kappa shape index (κ2) is 9.99. The van der Waals surface area contributed by atoms with Crippen molar-refractivity contribution in [1.29, 1.82) is 0 Å². The second-order valence-electron chi connectivity index (χ2n) is 7.52. The number of sulfonamides is 1. The Bertz CT molecular complexity index is 1230. The number of hydrogen-bond acceptors (Lipinski definition) is 4. The summed E-state index contributed by atoms with van der Waals surface area (Å²) in [7, 11) is -2.28. The summed E-state index contributed by atoms with van der Waals surface area (Å²) < 4.78 is 57.9. The van der Waals surface area contributed by atoms with Crippen molar-refractivity contribution in [2.75, 3.05) is 17.7 Å². The van der Waals surface area contributed by atoms with Gasteiger partial charge in [-0.15, -0.1) is 0 Å². The standard InChI is InChI=1S/C24H24F2N2O4S/c1-16(17-4-7-20(25)8-5-17)27-24(29)18-6-13-23(32-2)19(14-18)15-28(33(3,30)31)22-11-9-21(26)10-12-22/h4-14,16H,15H2,1-3H3,(H,27,29)/t16-/m1/s1. The van der Waals surface area contributed by atoms with E-state index in [1.165, 1.54) is 43.5 Å². The van der Waals surface area contributed by atoms with E-state index in [2.05, 4.69) is 5.32 Å². The van der Waals surface area contributed by atoms with Crippen molar-refractivity contribution in [2.45, 2.75) is 19.5 Å². The van der Waals surface area contributed by atoms with Gasteiger partial charge in [0.25, 0.3) is 5.91 Å². The van der Waals surface area contributed by atoms with Gasteiger partial charge in [-0.25, -0.2) is 17.2 Å². The molecule has 0 aliphatic rings. The first-order valence-electron chi connectivity index (χ1n) is 10.0. The number of nitrogens with one attached hydrogen (secondary N) is 1. The molecule has 33 heavy (non-hydrogen) atoms. The van der Waals surface area contributed by atoms with Crippen LogP contribution in [0.1, 0.15) is 34.5 Å². The fraction of sp³-hybridized carbons (Fsp3) is 0.208. The third-order valence-electron chi connectivity index (χ3n) is 5.09. The zero-order valence-electron chi connectivity index (χ0n) is 18.4. The Balaban J connectivity index is 1.88. The maximum Gasteiger partial charge on any atom is 0.251 e. The van der Waals surface area contributed by atoms with Crippen LogP contribution in [0.4, 0.5) is 14.5 Å². The minimum Gasteiger partial charge on any atom is -0.496 e. The number of nitrogens with zero attached hydrogens (tertiary/aromatic N) is 1. The highest BCUT2D eigenvalue weighted by molar-refractivity contribution is 7.92. The normalized spacial score (nSPS) is 12.2. The number of benzene rings is 3. The molecule has 1 N–H and O–H groups in total. The Labute approximate surface area is 191 Å². The molecule has 0 saturated carbocycles. The molecule has 3 rings (SSSR count). The molecule has 0 heterocycles. The molecule has 174 valence electrons. The molecule has 6 nitrogen and oxygen atoms in total. The van der Waals surface area contributed by atoms with Crippen LogP contribution in [0.2, 0.25) is 0 Å². The molecule has 0 unspecified atom stereocenters. The zero-order chi connectivity index (χ0) is 24.2. The Morgan fingerprint density at radius 1 is 1.00 bits per heavy atom. The van der Waals surface area contributed by atoms with Gasteiger partial charge in [0, 0.05) is 11.1 Å². The number of ether oxygens (including phenoxy) is 1. The molecule has 0 radical (unpaired) electrons. The summed E-state index contributed by atoms with van der Waals surface area (Å²) in [6.07, 6.45) is 1.05. The molecule has 0 bridgehead atoms. The summed E-state index contributed by atoms with van der Waals surface area (Å²) in [6, 6.07) is 15.2. The molecular weight excluding hydrogens is 450 g/mol. The van der Waals surface area contributed by atoms with Gasteiger partial charge in [0.2, 0.25) is 10.0 Å². The van der Waals surface area contributed by atoms with Gasteiger partial charge in [-0.2, -0.15) is 0 Å². The number of halogens is 2. The summed E-state index contributed by atoms with van der Waals surface area (Å²) in [6.45, 7) is 1.65. The smallest absolute Gasteiger partial charge is 0.251 e. The summed E-state index contributed by atoms with van der Waals surface area (Å²) in [5.74, 6) is -0.843. The molecule has 9 heteroatoms. The molecule has 0 saturated heterocycles. The van der Waals surface area contributed by atoms with Crippen molar-refractivity contribution in [2.24, 2.45) is 0 Å². The molecular formula is C24H24F2N2O4S. The van der Waals surface area contributed by atoms with Crippen molar-refractivity contribution in [3.8, 4) is 5.75 Å². The first-order valence-corrected chi connectivity index (χ1v) is 11.9. The molecule has 0 spiro atoms. The first-order chi connectivity index (χ1) is 15.6. The van der Waals surface area contributed by atoms with Crippen LogP contribution in [0.5, 0.6) is 5.75 Å². The van der Waals surface area contributed by atoms with Crippen molar-refractivity contribution < 1.29 is 26.7 Å². The van der Waals surface area contributed by atoms with E-state index >= 15 is 0 Å². The lowest BCUT2D eigenvalue weighted by Gasteiger charge is -2.24. The molecule has 3 aromatic carbocycles. The molecule has 1 atom stereocenters. The van der Waals surface area contributed by atoms with E-state index in [1.54, 1.807) is 37.3 Å². The van der Waals surface area contributed by atoms with Crippen molar-refractivity contribution in [3.63, 3.8) is 0 Å². The summed E-state index contributed by atoms with van der Waals surface area (Å²) in [4.78, 5) is 12.8. The first kappa shape index (κ1) is 24.2. The van der Waals surface area contributed by atoms with E-state index < -0.39 is 15.8 Å². The fourth-order valence-electron chi connectivity index (χ4n) is 3.32. The predicted octanol–water partition coefficient (Wildman–Crippen LogP) is 4.43. The van der Waals surface area contributed by atoms with Gasteiger partial charge in [0.05, 0.1) is 31.6 Å². The quantitative estimate of drug-likeness (QED) is 0.524. The summed E-state index contributed by atoms with van der Waals surface area (Å²) in [5.41, 5.74) is 1.76. The molecule has 3 aromatic rings. The third-order valence-corrected chi connectivity index (χ3v) is 6.23. The molecule has 0 aromatic heterocycles. The molecule has 1 amide bonds. The number of methoxy groups -OCH3 is 1. The number of anilines is 1.